The molecule has 0 aliphatic carbocycles. The highest BCUT2D eigenvalue weighted by molar-refractivity contribution is 7.09. The van der Waals surface area contributed by atoms with Crippen LogP contribution in [0.2, 0.25) is 10.0 Å². The van der Waals surface area contributed by atoms with Crippen LogP contribution in [0, 0.1) is 0 Å². The minimum atomic E-state index is -0.301. The lowest BCUT2D eigenvalue weighted by molar-refractivity contribution is -0.133. The second-order valence-corrected chi connectivity index (χ2v) is 9.01. The fourth-order valence-corrected chi connectivity index (χ4v) is 4.17. The molecular weight excluding hydrogens is 467 g/mol. The summed E-state index contributed by atoms with van der Waals surface area (Å²) in [6.45, 7) is 1.45. The summed E-state index contributed by atoms with van der Waals surface area (Å²) in [5.41, 5.74) is 1.40. The average molecular weight is 491 g/mol. The van der Waals surface area contributed by atoms with Crippen molar-refractivity contribution in [2.45, 2.75) is 13.1 Å². The van der Waals surface area contributed by atoms with Crippen LogP contribution in [0.4, 0.5) is 0 Å². The Kier molecular flexibility index (Phi) is 9.11. The number of hydrogen-bond donors (Lipinski definition) is 0. The van der Waals surface area contributed by atoms with Gasteiger partial charge in [0.2, 0.25) is 5.91 Å². The largest absolute Gasteiger partial charge is 0.383 e. The number of rotatable bonds is 10. The molecule has 0 aliphatic heterocycles. The summed E-state index contributed by atoms with van der Waals surface area (Å²) in [6, 6.07) is 18.5. The minimum Gasteiger partial charge on any atom is -0.383 e. The molecule has 8 heteroatoms. The summed E-state index contributed by atoms with van der Waals surface area (Å²) in [4.78, 5) is 30.8. The molecule has 2 aromatic carbocycles. The van der Waals surface area contributed by atoms with E-state index >= 15 is 0 Å². The molecule has 0 atom stereocenters. The van der Waals surface area contributed by atoms with Gasteiger partial charge in [-0.05, 0) is 35.2 Å². The van der Waals surface area contributed by atoms with Crippen LogP contribution >= 0.6 is 34.5 Å². The molecule has 3 aromatic rings. The first kappa shape index (κ1) is 24.3. The molecule has 0 saturated carbocycles. The van der Waals surface area contributed by atoms with Gasteiger partial charge in [-0.3, -0.25) is 9.59 Å². The van der Waals surface area contributed by atoms with Crippen molar-refractivity contribution >= 4 is 46.4 Å². The quantitative estimate of drug-likeness (QED) is 0.383. The smallest absolute Gasteiger partial charge is 0.254 e. The van der Waals surface area contributed by atoms with Crippen molar-refractivity contribution < 1.29 is 14.3 Å². The van der Waals surface area contributed by atoms with E-state index in [1.807, 2.05) is 47.8 Å². The molecule has 168 valence electrons. The SMILES string of the molecule is COCCN(CC(=O)N(Cc1ccccc1)Cc1cccs1)C(=O)c1ccc(Cl)c(Cl)c1. The van der Waals surface area contributed by atoms with Crippen molar-refractivity contribution in [3.63, 3.8) is 0 Å². The Labute approximate surface area is 202 Å². The van der Waals surface area contributed by atoms with E-state index in [-0.39, 0.29) is 24.9 Å². The van der Waals surface area contributed by atoms with Crippen molar-refractivity contribution in [2.75, 3.05) is 26.8 Å². The van der Waals surface area contributed by atoms with Crippen molar-refractivity contribution in [1.29, 1.82) is 0 Å². The van der Waals surface area contributed by atoms with Gasteiger partial charge in [-0.15, -0.1) is 11.3 Å². The number of carbonyl (C=O) groups is 2. The number of carbonyl (C=O) groups excluding carboxylic acids is 2. The molecule has 1 heterocycles. The fraction of sp³-hybridized carbons (Fsp3) is 0.250. The molecule has 0 saturated heterocycles. The molecule has 5 nitrogen and oxygen atoms in total. The first-order valence-corrected chi connectivity index (χ1v) is 11.7. The third kappa shape index (κ3) is 6.81. The lowest BCUT2D eigenvalue weighted by Crippen LogP contribution is -2.43. The Hall–Kier alpha value is -2.38. The van der Waals surface area contributed by atoms with Crippen LogP contribution in [0.3, 0.4) is 0 Å². The summed E-state index contributed by atoms with van der Waals surface area (Å²) >= 11 is 13.7. The predicted octanol–water partition coefficient (Wildman–Crippen LogP) is 5.37. The summed E-state index contributed by atoms with van der Waals surface area (Å²) in [5.74, 6) is -0.448. The van der Waals surface area contributed by atoms with Gasteiger partial charge in [0.25, 0.3) is 5.91 Å². The molecule has 2 amide bonds. The molecule has 32 heavy (non-hydrogen) atoms. The monoisotopic (exact) mass is 490 g/mol. The van der Waals surface area contributed by atoms with E-state index in [0.717, 1.165) is 10.4 Å². The predicted molar refractivity (Wildman–Crippen MR) is 129 cm³/mol. The maximum atomic E-state index is 13.4. The second-order valence-electron chi connectivity index (χ2n) is 7.16. The molecule has 0 aliphatic rings. The molecule has 0 N–H and O–H groups in total. The van der Waals surface area contributed by atoms with Gasteiger partial charge in [-0.2, -0.15) is 0 Å². The van der Waals surface area contributed by atoms with Crippen molar-refractivity contribution in [1.82, 2.24) is 9.80 Å². The van der Waals surface area contributed by atoms with E-state index in [4.69, 9.17) is 27.9 Å². The number of hydrogen-bond acceptors (Lipinski definition) is 4. The van der Waals surface area contributed by atoms with Crippen LogP contribution < -0.4 is 0 Å². The van der Waals surface area contributed by atoms with Gasteiger partial charge in [0.1, 0.15) is 6.54 Å². The maximum Gasteiger partial charge on any atom is 0.254 e. The zero-order valence-corrected chi connectivity index (χ0v) is 20.0. The molecule has 1 aromatic heterocycles. The van der Waals surface area contributed by atoms with Crippen molar-refractivity contribution in [3.05, 3.63) is 92.1 Å². The summed E-state index contributed by atoms with van der Waals surface area (Å²) in [7, 11) is 1.56. The summed E-state index contributed by atoms with van der Waals surface area (Å²) in [5, 5.41) is 2.64. The minimum absolute atomic E-state index is 0.0688. The fourth-order valence-electron chi connectivity index (χ4n) is 3.16. The normalized spacial score (nSPS) is 10.7. The topological polar surface area (TPSA) is 49.9 Å². The average Bonchev–Trinajstić information content (AvgIpc) is 3.31. The molecular formula is C24H24Cl2N2O3S. The summed E-state index contributed by atoms with van der Waals surface area (Å²) in [6.07, 6.45) is 0. The van der Waals surface area contributed by atoms with Crippen LogP contribution in [0.25, 0.3) is 0 Å². The van der Waals surface area contributed by atoms with E-state index in [1.54, 1.807) is 35.5 Å². The first-order chi connectivity index (χ1) is 15.5. The number of ether oxygens (including phenoxy) is 1. The standard InChI is InChI=1S/C24H24Cl2N2O3S/c1-31-12-11-27(24(30)19-9-10-21(25)22(26)14-19)17-23(29)28(16-20-8-5-13-32-20)15-18-6-3-2-4-7-18/h2-10,13-14H,11-12,15-17H2,1H3. The third-order valence-electron chi connectivity index (χ3n) is 4.84. The van der Waals surface area contributed by atoms with Crippen LogP contribution in [0.5, 0.6) is 0 Å². The van der Waals surface area contributed by atoms with Gasteiger partial charge in [-0.25, -0.2) is 0 Å². The molecule has 0 spiro atoms. The van der Waals surface area contributed by atoms with Gasteiger partial charge < -0.3 is 14.5 Å². The van der Waals surface area contributed by atoms with Gasteiger partial charge >= 0.3 is 0 Å². The first-order valence-electron chi connectivity index (χ1n) is 10.0. The number of amides is 2. The van der Waals surface area contributed by atoms with E-state index in [1.165, 1.54) is 11.0 Å². The molecule has 0 radical (unpaired) electrons. The highest BCUT2D eigenvalue weighted by Crippen LogP contribution is 2.23. The van der Waals surface area contributed by atoms with E-state index in [2.05, 4.69) is 0 Å². The van der Waals surface area contributed by atoms with Crippen LogP contribution in [0.15, 0.2) is 66.0 Å². The Morgan fingerprint density at radius 2 is 1.72 bits per heavy atom. The molecule has 3 rings (SSSR count). The number of methoxy groups -OCH3 is 1. The number of halogens is 2. The Bertz CT molecular complexity index is 1030. The number of nitrogens with zero attached hydrogens (tertiary/aromatic N) is 2. The molecule has 0 fully saturated rings. The summed E-state index contributed by atoms with van der Waals surface area (Å²) < 4.78 is 5.16. The van der Waals surface area contributed by atoms with Gasteiger partial charge in [0.05, 0.1) is 23.2 Å². The van der Waals surface area contributed by atoms with Gasteiger partial charge in [0, 0.05) is 30.6 Å². The molecule has 0 unspecified atom stereocenters. The Morgan fingerprint density at radius 1 is 0.938 bits per heavy atom. The zero-order chi connectivity index (χ0) is 22.9. The van der Waals surface area contributed by atoms with Crippen LogP contribution in [-0.4, -0.2) is 48.4 Å². The Balaban J connectivity index is 1.80. The second kappa shape index (κ2) is 12.0. The van der Waals surface area contributed by atoms with Crippen LogP contribution in [-0.2, 0) is 22.6 Å². The highest BCUT2D eigenvalue weighted by Gasteiger charge is 2.23. The van der Waals surface area contributed by atoms with Crippen molar-refractivity contribution in [2.24, 2.45) is 0 Å². The van der Waals surface area contributed by atoms with Crippen LogP contribution in [0.1, 0.15) is 20.8 Å². The van der Waals surface area contributed by atoms with Gasteiger partial charge in [0.15, 0.2) is 0 Å². The van der Waals surface area contributed by atoms with Crippen molar-refractivity contribution in [3.8, 4) is 0 Å². The lowest BCUT2D eigenvalue weighted by Gasteiger charge is -2.27. The Morgan fingerprint density at radius 3 is 2.38 bits per heavy atom. The third-order valence-corrected chi connectivity index (χ3v) is 6.44. The van der Waals surface area contributed by atoms with Gasteiger partial charge in [-0.1, -0.05) is 59.6 Å². The number of benzene rings is 2. The maximum absolute atomic E-state index is 13.4. The number of thiophene rings is 1. The lowest BCUT2D eigenvalue weighted by atomic mass is 10.2. The van der Waals surface area contributed by atoms with E-state index < -0.39 is 0 Å². The molecule has 0 bridgehead atoms. The zero-order valence-electron chi connectivity index (χ0n) is 17.7. The van der Waals surface area contributed by atoms with E-state index in [0.29, 0.717) is 35.3 Å². The highest BCUT2D eigenvalue weighted by atomic mass is 35.5. The van der Waals surface area contributed by atoms with E-state index in [9.17, 15) is 9.59 Å².